The number of carbonyl (C=O) groups excluding carboxylic acids is 1. The summed E-state index contributed by atoms with van der Waals surface area (Å²) in [7, 11) is -4.03. The minimum absolute atomic E-state index is 0.0562. The van der Waals surface area contributed by atoms with Crippen molar-refractivity contribution in [3.05, 3.63) is 94.2 Å². The van der Waals surface area contributed by atoms with Gasteiger partial charge < -0.3 is 0 Å². The molecule has 3 rings (SSSR count). The lowest BCUT2D eigenvalue weighted by Gasteiger charge is -2.24. The Hall–Kier alpha value is -3.04. The van der Waals surface area contributed by atoms with Crippen molar-refractivity contribution in [3.8, 4) is 0 Å². The Morgan fingerprint density at radius 3 is 2.48 bits per heavy atom. The van der Waals surface area contributed by atoms with Gasteiger partial charge in [-0.15, -0.1) is 0 Å². The van der Waals surface area contributed by atoms with Crippen molar-refractivity contribution in [2.45, 2.75) is 11.8 Å². The van der Waals surface area contributed by atoms with E-state index in [0.29, 0.717) is 10.2 Å². The summed E-state index contributed by atoms with van der Waals surface area (Å²) >= 11 is 3.32. The number of nitrogens with one attached hydrogen (secondary N) is 1. The second-order valence-electron chi connectivity index (χ2n) is 6.62. The third kappa shape index (κ3) is 5.77. The van der Waals surface area contributed by atoms with Crippen molar-refractivity contribution >= 4 is 43.8 Å². The van der Waals surface area contributed by atoms with E-state index in [-0.39, 0.29) is 10.5 Å². The first kappa shape index (κ1) is 22.6. The Balaban J connectivity index is 1.86. The molecular weight excluding hydrogens is 485 g/mol. The number of amides is 1. The van der Waals surface area contributed by atoms with E-state index in [1.807, 2.05) is 6.92 Å². The van der Waals surface area contributed by atoms with Gasteiger partial charge in [-0.3, -0.25) is 9.10 Å². The molecule has 0 unspecified atom stereocenters. The number of sulfonamides is 1. The minimum Gasteiger partial charge on any atom is -0.271 e. The van der Waals surface area contributed by atoms with Crippen LogP contribution in [0.15, 0.2) is 87.3 Å². The second kappa shape index (κ2) is 9.84. The molecule has 31 heavy (non-hydrogen) atoms. The SMILES string of the molecule is Cc1ccc(S(=O)(=O)N(CC(=O)N/N=C\c2ccccc2F)c2cccc(Br)c2)cc1. The molecular formula is C22H19BrFN3O3S. The summed E-state index contributed by atoms with van der Waals surface area (Å²) in [6.07, 6.45) is 1.16. The highest BCUT2D eigenvalue weighted by atomic mass is 79.9. The van der Waals surface area contributed by atoms with Crippen LogP contribution in [0.25, 0.3) is 0 Å². The van der Waals surface area contributed by atoms with E-state index in [4.69, 9.17) is 0 Å². The van der Waals surface area contributed by atoms with E-state index in [9.17, 15) is 17.6 Å². The summed E-state index contributed by atoms with van der Waals surface area (Å²) in [6.45, 7) is 1.34. The third-order valence-electron chi connectivity index (χ3n) is 4.29. The van der Waals surface area contributed by atoms with E-state index >= 15 is 0 Å². The molecule has 0 saturated heterocycles. The van der Waals surface area contributed by atoms with Gasteiger partial charge in [-0.2, -0.15) is 5.10 Å². The monoisotopic (exact) mass is 503 g/mol. The second-order valence-corrected chi connectivity index (χ2v) is 9.40. The quantitative estimate of drug-likeness (QED) is 0.386. The van der Waals surface area contributed by atoms with Crippen molar-refractivity contribution in [2.75, 3.05) is 10.8 Å². The van der Waals surface area contributed by atoms with Gasteiger partial charge in [-0.05, 0) is 43.3 Å². The van der Waals surface area contributed by atoms with Gasteiger partial charge in [-0.1, -0.05) is 57.9 Å². The van der Waals surface area contributed by atoms with Gasteiger partial charge in [0.2, 0.25) is 0 Å². The Morgan fingerprint density at radius 2 is 1.81 bits per heavy atom. The zero-order valence-electron chi connectivity index (χ0n) is 16.5. The van der Waals surface area contributed by atoms with E-state index in [1.54, 1.807) is 42.5 Å². The van der Waals surface area contributed by atoms with Crippen LogP contribution < -0.4 is 9.73 Å². The number of hydrazone groups is 1. The molecule has 1 N–H and O–H groups in total. The largest absolute Gasteiger partial charge is 0.271 e. The Bertz CT molecular complexity index is 1210. The van der Waals surface area contributed by atoms with Gasteiger partial charge in [0.1, 0.15) is 12.4 Å². The number of aryl methyl sites for hydroxylation is 1. The number of rotatable bonds is 7. The van der Waals surface area contributed by atoms with Crippen LogP contribution in [-0.4, -0.2) is 27.1 Å². The molecule has 0 heterocycles. The van der Waals surface area contributed by atoms with Gasteiger partial charge in [0.05, 0.1) is 16.8 Å². The van der Waals surface area contributed by atoms with Gasteiger partial charge in [0.15, 0.2) is 0 Å². The van der Waals surface area contributed by atoms with Crippen LogP contribution in [0.2, 0.25) is 0 Å². The van der Waals surface area contributed by atoms with Crippen LogP contribution in [0.5, 0.6) is 0 Å². The average molecular weight is 504 g/mol. The molecule has 0 bridgehead atoms. The van der Waals surface area contributed by atoms with Crippen LogP contribution in [0.1, 0.15) is 11.1 Å². The molecule has 0 radical (unpaired) electrons. The molecule has 0 atom stereocenters. The maximum absolute atomic E-state index is 13.7. The maximum atomic E-state index is 13.7. The standard InChI is InChI=1S/C22H19BrFN3O3S/c1-16-9-11-20(12-10-16)31(29,30)27(19-7-4-6-18(23)13-19)15-22(28)26-25-14-17-5-2-3-8-21(17)24/h2-14H,15H2,1H3,(H,26,28)/b25-14-. The van der Waals surface area contributed by atoms with Gasteiger partial charge in [0.25, 0.3) is 15.9 Å². The van der Waals surface area contributed by atoms with Crippen molar-refractivity contribution in [1.82, 2.24) is 5.43 Å². The average Bonchev–Trinajstić information content (AvgIpc) is 2.73. The number of benzene rings is 3. The fraction of sp³-hybridized carbons (Fsp3) is 0.0909. The Kier molecular flexibility index (Phi) is 7.19. The summed E-state index contributed by atoms with van der Waals surface area (Å²) in [5, 5.41) is 3.74. The normalized spacial score (nSPS) is 11.5. The predicted octanol–water partition coefficient (Wildman–Crippen LogP) is 4.24. The highest BCUT2D eigenvalue weighted by molar-refractivity contribution is 9.10. The Morgan fingerprint density at radius 1 is 1.10 bits per heavy atom. The van der Waals surface area contributed by atoms with E-state index < -0.39 is 28.3 Å². The van der Waals surface area contributed by atoms with Crippen LogP contribution in [-0.2, 0) is 14.8 Å². The molecule has 3 aromatic rings. The molecule has 6 nitrogen and oxygen atoms in total. The van der Waals surface area contributed by atoms with Crippen molar-refractivity contribution < 1.29 is 17.6 Å². The van der Waals surface area contributed by atoms with Gasteiger partial charge >= 0.3 is 0 Å². The van der Waals surface area contributed by atoms with Crippen LogP contribution in [0, 0.1) is 12.7 Å². The molecule has 160 valence electrons. The van der Waals surface area contributed by atoms with Crippen molar-refractivity contribution in [3.63, 3.8) is 0 Å². The molecule has 0 aliphatic carbocycles. The molecule has 3 aromatic carbocycles. The van der Waals surface area contributed by atoms with Crippen molar-refractivity contribution in [2.24, 2.45) is 5.10 Å². The zero-order chi connectivity index (χ0) is 22.4. The zero-order valence-corrected chi connectivity index (χ0v) is 18.9. The number of carbonyl (C=O) groups is 1. The molecule has 9 heteroatoms. The maximum Gasteiger partial charge on any atom is 0.264 e. The lowest BCUT2D eigenvalue weighted by atomic mass is 10.2. The molecule has 0 aromatic heterocycles. The summed E-state index contributed by atoms with van der Waals surface area (Å²) in [5.74, 6) is -1.17. The summed E-state index contributed by atoms with van der Waals surface area (Å²) in [6, 6.07) is 18.9. The first-order valence-corrected chi connectivity index (χ1v) is 11.4. The fourth-order valence-electron chi connectivity index (χ4n) is 2.70. The lowest BCUT2D eigenvalue weighted by Crippen LogP contribution is -2.39. The van der Waals surface area contributed by atoms with E-state index in [1.165, 1.54) is 30.3 Å². The summed E-state index contributed by atoms with van der Waals surface area (Å²) < 4.78 is 41.9. The first-order chi connectivity index (χ1) is 14.8. The number of anilines is 1. The van der Waals surface area contributed by atoms with Crippen LogP contribution in [0.4, 0.5) is 10.1 Å². The summed E-state index contributed by atoms with van der Waals surface area (Å²) in [5.41, 5.74) is 3.66. The number of halogens is 2. The first-order valence-electron chi connectivity index (χ1n) is 9.19. The topological polar surface area (TPSA) is 78.8 Å². The van der Waals surface area contributed by atoms with E-state index in [2.05, 4.69) is 26.5 Å². The highest BCUT2D eigenvalue weighted by Gasteiger charge is 2.27. The molecule has 0 aliphatic heterocycles. The molecule has 1 amide bonds. The molecule has 0 spiro atoms. The number of hydrogen-bond donors (Lipinski definition) is 1. The highest BCUT2D eigenvalue weighted by Crippen LogP contribution is 2.26. The number of hydrogen-bond acceptors (Lipinski definition) is 4. The molecule has 0 fully saturated rings. The Labute approximate surface area is 188 Å². The predicted molar refractivity (Wildman–Crippen MR) is 122 cm³/mol. The molecule has 0 aliphatic rings. The lowest BCUT2D eigenvalue weighted by molar-refractivity contribution is -0.119. The molecule has 0 saturated carbocycles. The smallest absolute Gasteiger partial charge is 0.264 e. The van der Waals surface area contributed by atoms with Gasteiger partial charge in [0, 0.05) is 10.0 Å². The minimum atomic E-state index is -4.03. The van der Waals surface area contributed by atoms with Crippen LogP contribution in [0.3, 0.4) is 0 Å². The third-order valence-corrected chi connectivity index (χ3v) is 6.57. The van der Waals surface area contributed by atoms with E-state index in [0.717, 1.165) is 16.1 Å². The van der Waals surface area contributed by atoms with Crippen LogP contribution >= 0.6 is 15.9 Å². The van der Waals surface area contributed by atoms with Crippen molar-refractivity contribution in [1.29, 1.82) is 0 Å². The fourth-order valence-corrected chi connectivity index (χ4v) is 4.50. The summed E-state index contributed by atoms with van der Waals surface area (Å²) in [4.78, 5) is 12.5. The van der Waals surface area contributed by atoms with Gasteiger partial charge in [-0.25, -0.2) is 18.2 Å². The number of nitrogens with zero attached hydrogens (tertiary/aromatic N) is 2.